The molecule has 0 saturated heterocycles. The largest absolute Gasteiger partial charge is 0.317 e. The quantitative estimate of drug-likeness (QED) is 0.231. The van der Waals surface area contributed by atoms with Crippen LogP contribution in [0.15, 0.2) is 158 Å². The second kappa shape index (κ2) is 10.8. The Morgan fingerprint density at radius 1 is 0.474 bits per heavy atom. The summed E-state index contributed by atoms with van der Waals surface area (Å²) in [5, 5.41) is 2.03. The van der Waals surface area contributed by atoms with E-state index in [9.17, 15) is 0 Å². The van der Waals surface area contributed by atoms with Crippen LogP contribution in [0.25, 0.3) is 27.8 Å². The molecule has 38 heavy (non-hydrogen) atoms. The summed E-state index contributed by atoms with van der Waals surface area (Å²) in [6.07, 6.45) is 7.38. The Bertz CT molecular complexity index is 1470. The first-order valence-electron chi connectivity index (χ1n) is 13.1. The summed E-state index contributed by atoms with van der Waals surface area (Å²) in [6.45, 7) is 0. The second-order valence-electron chi connectivity index (χ2n) is 9.66. The molecule has 184 valence electrons. The van der Waals surface area contributed by atoms with E-state index < -0.39 is 13.2 Å². The highest BCUT2D eigenvalue weighted by atomic mass is 31.1. The van der Waals surface area contributed by atoms with E-state index in [2.05, 4.69) is 158 Å². The zero-order valence-corrected chi connectivity index (χ0v) is 22.1. The molecule has 2 heteroatoms. The zero-order chi connectivity index (χ0) is 25.8. The SMILES string of the molecule is NC1(P(c2ccc(-c3ccccc3)cc2)c2ccc(-c3ccccc3)cc2)CC=CC=C1c1ccccc1. The van der Waals surface area contributed by atoms with Crippen molar-refractivity contribution in [3.8, 4) is 22.3 Å². The third kappa shape index (κ3) is 4.79. The standard InChI is InChI=1S/C36H30NP/c37-36(27-11-10-18-35(36)32-16-8-3-9-17-32)38(33-23-19-30(20-24-33)28-12-4-1-5-13-28)34-25-21-31(22-26-34)29-14-6-2-7-15-29/h1-26H,27,37H2. The maximum absolute atomic E-state index is 7.55. The van der Waals surface area contributed by atoms with Gasteiger partial charge in [0.15, 0.2) is 0 Å². The second-order valence-corrected chi connectivity index (χ2v) is 12.2. The van der Waals surface area contributed by atoms with Gasteiger partial charge in [-0.15, -0.1) is 0 Å². The summed E-state index contributed by atoms with van der Waals surface area (Å²) in [5.74, 6) is 0. The van der Waals surface area contributed by atoms with Crippen molar-refractivity contribution >= 4 is 24.1 Å². The summed E-state index contributed by atoms with van der Waals surface area (Å²) in [5.41, 5.74) is 14.8. The predicted octanol–water partition coefficient (Wildman–Crippen LogP) is 8.15. The third-order valence-electron chi connectivity index (χ3n) is 7.24. The van der Waals surface area contributed by atoms with Gasteiger partial charge in [-0.1, -0.05) is 158 Å². The Kier molecular flexibility index (Phi) is 6.88. The molecule has 1 unspecified atom stereocenters. The highest BCUT2D eigenvalue weighted by Crippen LogP contribution is 2.55. The lowest BCUT2D eigenvalue weighted by atomic mass is 9.92. The molecule has 5 aromatic carbocycles. The molecule has 5 aromatic rings. The van der Waals surface area contributed by atoms with Crippen molar-refractivity contribution < 1.29 is 0 Å². The van der Waals surface area contributed by atoms with E-state index >= 15 is 0 Å². The number of rotatable bonds is 6. The van der Waals surface area contributed by atoms with Crippen LogP contribution in [0.1, 0.15) is 12.0 Å². The fraction of sp³-hybridized carbons (Fsp3) is 0.0556. The Morgan fingerprint density at radius 3 is 1.32 bits per heavy atom. The van der Waals surface area contributed by atoms with E-state index in [0.717, 1.165) is 6.42 Å². The molecule has 6 rings (SSSR count). The monoisotopic (exact) mass is 507 g/mol. The van der Waals surface area contributed by atoms with Crippen molar-refractivity contribution in [1.29, 1.82) is 0 Å². The number of hydrogen-bond acceptors (Lipinski definition) is 1. The average Bonchev–Trinajstić information content (AvgIpc) is 2.99. The molecular weight excluding hydrogens is 477 g/mol. The topological polar surface area (TPSA) is 26.0 Å². The number of benzene rings is 5. The lowest BCUT2D eigenvalue weighted by Crippen LogP contribution is -2.45. The molecule has 0 heterocycles. The molecule has 0 saturated carbocycles. The molecule has 1 aliphatic carbocycles. The fourth-order valence-corrected chi connectivity index (χ4v) is 8.17. The van der Waals surface area contributed by atoms with E-state index in [-0.39, 0.29) is 0 Å². The maximum Gasteiger partial charge on any atom is 0.0733 e. The van der Waals surface area contributed by atoms with Gasteiger partial charge in [0, 0.05) is 0 Å². The van der Waals surface area contributed by atoms with Crippen molar-refractivity contribution in [2.45, 2.75) is 11.7 Å². The van der Waals surface area contributed by atoms with E-state index in [0.29, 0.717) is 0 Å². The van der Waals surface area contributed by atoms with Crippen molar-refractivity contribution in [2.24, 2.45) is 5.73 Å². The lowest BCUT2D eigenvalue weighted by Gasteiger charge is -2.41. The van der Waals surface area contributed by atoms with Crippen molar-refractivity contribution in [3.05, 3.63) is 163 Å². The minimum atomic E-state index is -0.918. The van der Waals surface area contributed by atoms with Crippen LogP contribution in [0, 0.1) is 0 Å². The van der Waals surface area contributed by atoms with Gasteiger partial charge in [-0.2, -0.15) is 0 Å². The fourth-order valence-electron chi connectivity index (χ4n) is 5.32. The molecule has 0 amide bonds. The van der Waals surface area contributed by atoms with Crippen LogP contribution in [-0.2, 0) is 0 Å². The first-order chi connectivity index (χ1) is 18.7. The van der Waals surface area contributed by atoms with Gasteiger partial charge >= 0.3 is 0 Å². The first-order valence-corrected chi connectivity index (χ1v) is 14.4. The minimum Gasteiger partial charge on any atom is -0.317 e. The molecule has 1 atom stereocenters. The molecule has 0 fully saturated rings. The summed E-state index contributed by atoms with van der Waals surface area (Å²) in [6, 6.07) is 49.8. The molecule has 1 nitrogen and oxygen atoms in total. The van der Waals surface area contributed by atoms with E-state index in [1.165, 1.54) is 44.0 Å². The Morgan fingerprint density at radius 2 is 0.868 bits per heavy atom. The van der Waals surface area contributed by atoms with Crippen LogP contribution in [-0.4, -0.2) is 5.28 Å². The molecule has 0 radical (unpaired) electrons. The Labute approximate surface area is 226 Å². The van der Waals surface area contributed by atoms with Gasteiger partial charge in [0.05, 0.1) is 5.28 Å². The van der Waals surface area contributed by atoms with E-state index in [1.807, 2.05) is 0 Å². The highest BCUT2D eigenvalue weighted by molar-refractivity contribution is 7.74. The molecule has 0 aromatic heterocycles. The summed E-state index contributed by atoms with van der Waals surface area (Å²) < 4.78 is 0. The average molecular weight is 508 g/mol. The molecule has 0 spiro atoms. The van der Waals surface area contributed by atoms with E-state index in [1.54, 1.807) is 0 Å². The van der Waals surface area contributed by atoms with Crippen LogP contribution < -0.4 is 16.3 Å². The molecule has 0 bridgehead atoms. The molecule has 1 aliphatic rings. The highest BCUT2D eigenvalue weighted by Gasteiger charge is 2.41. The van der Waals surface area contributed by atoms with Gasteiger partial charge in [0.1, 0.15) is 0 Å². The van der Waals surface area contributed by atoms with Crippen LogP contribution >= 0.6 is 7.92 Å². The van der Waals surface area contributed by atoms with Gasteiger partial charge in [-0.05, 0) is 58.3 Å². The minimum absolute atomic E-state index is 0.534. The van der Waals surface area contributed by atoms with Crippen molar-refractivity contribution in [3.63, 3.8) is 0 Å². The number of nitrogens with two attached hydrogens (primary N) is 1. The number of allylic oxidation sites excluding steroid dienone is 2. The van der Waals surface area contributed by atoms with Gasteiger partial charge in [-0.25, -0.2) is 0 Å². The zero-order valence-electron chi connectivity index (χ0n) is 21.2. The first kappa shape index (κ1) is 24.3. The van der Waals surface area contributed by atoms with Crippen LogP contribution in [0.3, 0.4) is 0 Å². The van der Waals surface area contributed by atoms with Crippen LogP contribution in [0.4, 0.5) is 0 Å². The Hall–Kier alpha value is -4.03. The van der Waals surface area contributed by atoms with Crippen LogP contribution in [0.5, 0.6) is 0 Å². The molecule has 2 N–H and O–H groups in total. The summed E-state index contributed by atoms with van der Waals surface area (Å²) >= 11 is 0. The van der Waals surface area contributed by atoms with Crippen molar-refractivity contribution in [1.82, 2.24) is 0 Å². The maximum atomic E-state index is 7.55. The summed E-state index contributed by atoms with van der Waals surface area (Å²) in [7, 11) is -0.918. The van der Waals surface area contributed by atoms with Gasteiger partial charge in [0.25, 0.3) is 0 Å². The smallest absolute Gasteiger partial charge is 0.0733 e. The van der Waals surface area contributed by atoms with Gasteiger partial charge in [-0.3, -0.25) is 0 Å². The normalized spacial score (nSPS) is 16.8. The molecular formula is C36H30NP. The molecule has 0 aliphatic heterocycles. The van der Waals surface area contributed by atoms with Gasteiger partial charge < -0.3 is 5.73 Å². The third-order valence-corrected chi connectivity index (χ3v) is 10.1. The van der Waals surface area contributed by atoms with E-state index in [4.69, 9.17) is 5.73 Å². The summed E-state index contributed by atoms with van der Waals surface area (Å²) in [4.78, 5) is 0. The lowest BCUT2D eigenvalue weighted by molar-refractivity contribution is 0.768. The van der Waals surface area contributed by atoms with Crippen molar-refractivity contribution in [2.75, 3.05) is 0 Å². The Balaban J connectivity index is 1.46. The van der Waals surface area contributed by atoms with Gasteiger partial charge in [0.2, 0.25) is 0 Å². The predicted molar refractivity (Wildman–Crippen MR) is 165 cm³/mol. The van der Waals surface area contributed by atoms with Crippen LogP contribution in [0.2, 0.25) is 0 Å². The number of hydrogen-bond donors (Lipinski definition) is 1.